The Labute approximate surface area is 102 Å². The first-order valence-electron chi connectivity index (χ1n) is 4.56. The van der Waals surface area contributed by atoms with Crippen LogP contribution in [0.4, 0.5) is 0 Å². The van der Waals surface area contributed by atoms with Gasteiger partial charge in [0.1, 0.15) is 5.75 Å². The second-order valence-corrected chi connectivity index (χ2v) is 3.97. The number of nitrogens with two attached hydrogens (primary N) is 2. The Kier molecular flexibility index (Phi) is 4.30. The fourth-order valence-electron chi connectivity index (χ4n) is 1.10. The number of rotatable bonds is 3. The van der Waals surface area contributed by atoms with Crippen molar-refractivity contribution in [2.75, 3.05) is 7.11 Å². The molecule has 1 aromatic rings. The summed E-state index contributed by atoms with van der Waals surface area (Å²) in [4.78, 5) is 0. The van der Waals surface area contributed by atoms with Gasteiger partial charge in [0.05, 0.1) is 17.3 Å². The summed E-state index contributed by atoms with van der Waals surface area (Å²) < 4.78 is 6.00. The zero-order valence-corrected chi connectivity index (χ0v) is 10.7. The molecule has 5 N–H and O–H groups in total. The molecule has 0 bridgehead atoms. The van der Waals surface area contributed by atoms with E-state index in [0.29, 0.717) is 0 Å². The van der Waals surface area contributed by atoms with Gasteiger partial charge >= 0.3 is 5.96 Å². The van der Waals surface area contributed by atoms with Crippen molar-refractivity contribution >= 4 is 27.6 Å². The molecule has 0 aliphatic heterocycles. The summed E-state index contributed by atoms with van der Waals surface area (Å²) in [5.74, 6) is 0.835. The molecule has 5 nitrogen and oxygen atoms in total. The van der Waals surface area contributed by atoms with E-state index >= 15 is 0 Å². The van der Waals surface area contributed by atoms with Crippen molar-refractivity contribution in [2.45, 2.75) is 6.92 Å². The van der Waals surface area contributed by atoms with Gasteiger partial charge in [0.15, 0.2) is 0 Å². The number of nitrogens with zero attached hydrogens (tertiary/aromatic N) is 1. The number of benzene rings is 1. The lowest BCUT2D eigenvalue weighted by molar-refractivity contribution is -0.464. The average Bonchev–Trinajstić information content (AvgIpc) is 2.25. The molecule has 0 saturated heterocycles. The van der Waals surface area contributed by atoms with Gasteiger partial charge in [-0.15, -0.1) is 5.10 Å². The highest BCUT2D eigenvalue weighted by atomic mass is 79.9. The van der Waals surface area contributed by atoms with Crippen molar-refractivity contribution in [3.63, 3.8) is 0 Å². The summed E-state index contributed by atoms with van der Waals surface area (Å²) in [5, 5.41) is 6.51. The highest BCUT2D eigenvalue weighted by Crippen LogP contribution is 2.25. The lowest BCUT2D eigenvalue weighted by atomic mass is 10.1. The molecule has 1 aromatic carbocycles. The highest BCUT2D eigenvalue weighted by Gasteiger charge is 2.03. The van der Waals surface area contributed by atoms with Gasteiger partial charge in [-0.2, -0.15) is 5.10 Å². The Bertz CT molecular complexity index is 438. The Morgan fingerprint density at radius 1 is 1.44 bits per heavy atom. The third-order valence-electron chi connectivity index (χ3n) is 1.92. The molecule has 0 saturated carbocycles. The highest BCUT2D eigenvalue weighted by molar-refractivity contribution is 9.10. The molecule has 0 spiro atoms. The van der Waals surface area contributed by atoms with Crippen LogP contribution in [-0.4, -0.2) is 18.8 Å². The number of hydrogen-bond acceptors (Lipinski definition) is 2. The first kappa shape index (κ1) is 12.5. The van der Waals surface area contributed by atoms with Gasteiger partial charge in [0, 0.05) is 5.56 Å². The molecule has 0 radical (unpaired) electrons. The zero-order chi connectivity index (χ0) is 12.1. The van der Waals surface area contributed by atoms with Crippen molar-refractivity contribution in [3.8, 4) is 5.75 Å². The molecular formula is C10H14BrN4O+. The number of nitrogens with one attached hydrogen (secondary N) is 1. The molecule has 86 valence electrons. The molecule has 0 unspecified atom stereocenters. The van der Waals surface area contributed by atoms with E-state index in [1.165, 1.54) is 0 Å². The van der Waals surface area contributed by atoms with Gasteiger partial charge in [0.2, 0.25) is 0 Å². The van der Waals surface area contributed by atoms with Crippen LogP contribution in [0.1, 0.15) is 12.5 Å². The van der Waals surface area contributed by atoms with Crippen LogP contribution in [0.2, 0.25) is 0 Å². The number of halogens is 1. The zero-order valence-electron chi connectivity index (χ0n) is 9.12. The smallest absolute Gasteiger partial charge is 0.362 e. The van der Waals surface area contributed by atoms with Crippen LogP contribution in [0, 0.1) is 0 Å². The topological polar surface area (TPSA) is 87.6 Å². The van der Waals surface area contributed by atoms with E-state index in [2.05, 4.69) is 26.1 Å². The molecule has 0 amide bonds. The number of hydrogen-bond donors (Lipinski definition) is 3. The maximum absolute atomic E-state index is 5.24. The van der Waals surface area contributed by atoms with Crippen LogP contribution in [-0.2, 0) is 0 Å². The second-order valence-electron chi connectivity index (χ2n) is 3.11. The van der Waals surface area contributed by atoms with Crippen molar-refractivity contribution in [1.82, 2.24) is 0 Å². The van der Waals surface area contributed by atoms with Gasteiger partial charge in [-0.05, 0) is 41.1 Å². The quantitative estimate of drug-likeness (QED) is 0.399. The average molecular weight is 286 g/mol. The summed E-state index contributed by atoms with van der Waals surface area (Å²) in [7, 11) is 1.62. The minimum Gasteiger partial charge on any atom is -0.496 e. The van der Waals surface area contributed by atoms with Crippen LogP contribution in [0.5, 0.6) is 5.75 Å². The van der Waals surface area contributed by atoms with E-state index in [1.807, 2.05) is 25.1 Å². The minimum absolute atomic E-state index is 0.0620. The largest absolute Gasteiger partial charge is 0.496 e. The summed E-state index contributed by atoms with van der Waals surface area (Å²) in [6.07, 6.45) is 0. The predicted molar refractivity (Wildman–Crippen MR) is 67.2 cm³/mol. The molecule has 0 fully saturated rings. The van der Waals surface area contributed by atoms with Gasteiger partial charge in [-0.1, -0.05) is 0 Å². The number of guanidine groups is 1. The van der Waals surface area contributed by atoms with Gasteiger partial charge in [-0.3, -0.25) is 11.5 Å². The number of methoxy groups -OCH3 is 1. The minimum atomic E-state index is 0.0620. The van der Waals surface area contributed by atoms with E-state index in [-0.39, 0.29) is 5.96 Å². The number of hydrazone groups is 1. The van der Waals surface area contributed by atoms with Crippen LogP contribution in [0.3, 0.4) is 0 Å². The Morgan fingerprint density at radius 3 is 2.62 bits per heavy atom. The molecule has 6 heteroatoms. The maximum atomic E-state index is 5.24. The standard InChI is InChI=1S/C10H13BrN4O/c1-6(14-15-10(12)13)7-3-4-9(16-2)8(11)5-7/h3-5H,1-2H3,(H4,12,13,15)/p+1/b14-6-. The van der Waals surface area contributed by atoms with Gasteiger partial charge in [-0.25, -0.2) is 0 Å². The van der Waals surface area contributed by atoms with Gasteiger partial charge in [0.25, 0.3) is 0 Å². The summed E-state index contributed by atoms with van der Waals surface area (Å²) in [6, 6.07) is 5.66. The van der Waals surface area contributed by atoms with Crippen molar-refractivity contribution < 1.29 is 9.84 Å². The lowest BCUT2D eigenvalue weighted by Crippen LogP contribution is -2.72. The Morgan fingerprint density at radius 2 is 2.12 bits per heavy atom. The van der Waals surface area contributed by atoms with E-state index in [1.54, 1.807) is 7.11 Å². The fourth-order valence-corrected chi connectivity index (χ4v) is 1.65. The van der Waals surface area contributed by atoms with E-state index in [9.17, 15) is 0 Å². The monoisotopic (exact) mass is 285 g/mol. The van der Waals surface area contributed by atoms with Crippen molar-refractivity contribution in [3.05, 3.63) is 28.2 Å². The van der Waals surface area contributed by atoms with Crippen LogP contribution >= 0.6 is 15.9 Å². The first-order valence-corrected chi connectivity index (χ1v) is 5.36. The van der Waals surface area contributed by atoms with E-state index < -0.39 is 0 Å². The Balaban J connectivity index is 3.02. The predicted octanol–water partition coefficient (Wildman–Crippen LogP) is -0.464. The maximum Gasteiger partial charge on any atom is 0.362 e. The third kappa shape index (κ3) is 3.23. The molecule has 1 rings (SSSR count). The van der Waals surface area contributed by atoms with Crippen LogP contribution < -0.4 is 21.3 Å². The summed E-state index contributed by atoms with van der Waals surface area (Å²) in [6.45, 7) is 1.85. The van der Waals surface area contributed by atoms with E-state index in [4.69, 9.17) is 16.2 Å². The molecule has 0 aromatic heterocycles. The molecule has 0 heterocycles. The normalized spacial score (nSPS) is 11.1. The molecule has 0 aliphatic carbocycles. The van der Waals surface area contributed by atoms with Crippen LogP contribution in [0.25, 0.3) is 0 Å². The third-order valence-corrected chi connectivity index (χ3v) is 2.54. The lowest BCUT2D eigenvalue weighted by Gasteiger charge is -2.04. The van der Waals surface area contributed by atoms with E-state index in [0.717, 1.165) is 21.5 Å². The number of ether oxygens (including phenoxy) is 1. The summed E-state index contributed by atoms with van der Waals surface area (Å²) in [5.41, 5.74) is 12.2. The first-order chi connectivity index (χ1) is 7.54. The fraction of sp³-hybridized carbons (Fsp3) is 0.200. The summed E-state index contributed by atoms with van der Waals surface area (Å²) >= 11 is 3.40. The molecular weight excluding hydrogens is 272 g/mol. The molecule has 0 aliphatic rings. The van der Waals surface area contributed by atoms with Crippen LogP contribution in [0.15, 0.2) is 27.8 Å². The van der Waals surface area contributed by atoms with Crippen molar-refractivity contribution in [2.24, 2.45) is 16.6 Å². The Hall–Kier alpha value is -1.56. The second kappa shape index (κ2) is 5.50. The van der Waals surface area contributed by atoms with Gasteiger partial charge < -0.3 is 4.74 Å². The molecule has 16 heavy (non-hydrogen) atoms. The van der Waals surface area contributed by atoms with Crippen molar-refractivity contribution in [1.29, 1.82) is 0 Å². The SMILES string of the molecule is COc1ccc(/C(C)=N\[NH+]=C(N)N)cc1Br. The molecule has 0 atom stereocenters.